The SMILES string of the molecule is Cc1ccc(C(=O)NCCc2ccnn2C)cc1N. The highest BCUT2D eigenvalue weighted by molar-refractivity contribution is 5.95. The van der Waals surface area contributed by atoms with Crippen molar-refractivity contribution in [1.82, 2.24) is 15.1 Å². The van der Waals surface area contributed by atoms with E-state index in [0.717, 1.165) is 17.7 Å². The summed E-state index contributed by atoms with van der Waals surface area (Å²) in [5, 5.41) is 6.96. The third kappa shape index (κ3) is 3.13. The van der Waals surface area contributed by atoms with Crippen LogP contribution >= 0.6 is 0 Å². The first-order valence-electron chi connectivity index (χ1n) is 6.19. The molecule has 19 heavy (non-hydrogen) atoms. The van der Waals surface area contributed by atoms with Crippen LogP contribution < -0.4 is 11.1 Å². The van der Waals surface area contributed by atoms with Gasteiger partial charge in [0.25, 0.3) is 5.91 Å². The van der Waals surface area contributed by atoms with Gasteiger partial charge in [0, 0.05) is 43.2 Å². The Balaban J connectivity index is 1.91. The van der Waals surface area contributed by atoms with E-state index in [2.05, 4.69) is 10.4 Å². The molecule has 0 saturated heterocycles. The molecule has 0 aliphatic rings. The molecule has 0 saturated carbocycles. The summed E-state index contributed by atoms with van der Waals surface area (Å²) in [6, 6.07) is 7.28. The Morgan fingerprint density at radius 3 is 2.84 bits per heavy atom. The standard InChI is InChI=1S/C14H18N4O/c1-10-3-4-11(9-13(10)15)14(19)16-7-5-12-6-8-17-18(12)2/h3-4,6,8-9H,5,7,15H2,1-2H3,(H,16,19). The third-order valence-corrected chi connectivity index (χ3v) is 3.13. The fourth-order valence-electron chi connectivity index (χ4n) is 1.83. The molecule has 5 nitrogen and oxygen atoms in total. The van der Waals surface area contributed by atoms with Gasteiger partial charge in [-0.2, -0.15) is 5.10 Å². The van der Waals surface area contributed by atoms with Crippen LogP contribution in [0, 0.1) is 6.92 Å². The number of amides is 1. The number of nitrogens with two attached hydrogens (primary N) is 1. The number of aryl methyl sites for hydroxylation is 2. The molecule has 3 N–H and O–H groups in total. The summed E-state index contributed by atoms with van der Waals surface area (Å²) in [6.45, 7) is 2.49. The molecule has 2 rings (SSSR count). The lowest BCUT2D eigenvalue weighted by Gasteiger charge is -2.07. The molecule has 1 aromatic heterocycles. The smallest absolute Gasteiger partial charge is 0.251 e. The largest absolute Gasteiger partial charge is 0.398 e. The normalized spacial score (nSPS) is 10.4. The van der Waals surface area contributed by atoms with Crippen molar-refractivity contribution in [3.63, 3.8) is 0 Å². The number of aromatic nitrogens is 2. The van der Waals surface area contributed by atoms with E-state index in [1.807, 2.05) is 26.1 Å². The van der Waals surface area contributed by atoms with Crippen LogP contribution in [-0.2, 0) is 13.5 Å². The second-order valence-corrected chi connectivity index (χ2v) is 4.52. The lowest BCUT2D eigenvalue weighted by Crippen LogP contribution is -2.26. The van der Waals surface area contributed by atoms with E-state index in [4.69, 9.17) is 5.73 Å². The average Bonchev–Trinajstić information content (AvgIpc) is 2.78. The number of hydrogen-bond acceptors (Lipinski definition) is 3. The molecular formula is C14H18N4O. The van der Waals surface area contributed by atoms with Crippen LogP contribution in [0.25, 0.3) is 0 Å². The van der Waals surface area contributed by atoms with Crippen molar-refractivity contribution in [2.75, 3.05) is 12.3 Å². The molecule has 0 aliphatic carbocycles. The molecule has 0 aliphatic heterocycles. The quantitative estimate of drug-likeness (QED) is 0.811. The lowest BCUT2D eigenvalue weighted by atomic mass is 10.1. The first-order chi connectivity index (χ1) is 9.08. The molecule has 0 bridgehead atoms. The Morgan fingerprint density at radius 1 is 1.42 bits per heavy atom. The van der Waals surface area contributed by atoms with E-state index < -0.39 is 0 Å². The number of nitrogen functional groups attached to an aromatic ring is 1. The van der Waals surface area contributed by atoms with Gasteiger partial charge in [-0.15, -0.1) is 0 Å². The first kappa shape index (κ1) is 13.1. The number of hydrogen-bond donors (Lipinski definition) is 2. The molecule has 0 radical (unpaired) electrons. The first-order valence-corrected chi connectivity index (χ1v) is 6.19. The molecule has 5 heteroatoms. The molecule has 1 aromatic carbocycles. The van der Waals surface area contributed by atoms with Gasteiger partial charge in [0.15, 0.2) is 0 Å². The summed E-state index contributed by atoms with van der Waals surface area (Å²) in [4.78, 5) is 11.9. The Labute approximate surface area is 112 Å². The number of nitrogens with zero attached hydrogens (tertiary/aromatic N) is 2. The van der Waals surface area contributed by atoms with Gasteiger partial charge in [-0.3, -0.25) is 9.48 Å². The van der Waals surface area contributed by atoms with E-state index in [-0.39, 0.29) is 5.91 Å². The minimum atomic E-state index is -0.103. The van der Waals surface area contributed by atoms with Crippen LogP contribution in [0.2, 0.25) is 0 Å². The molecule has 100 valence electrons. The summed E-state index contributed by atoms with van der Waals surface area (Å²) in [6.07, 6.45) is 2.50. The predicted octanol–water partition coefficient (Wildman–Crippen LogP) is 1.28. The zero-order valence-corrected chi connectivity index (χ0v) is 11.2. The van der Waals surface area contributed by atoms with Crippen molar-refractivity contribution in [3.05, 3.63) is 47.3 Å². The fourth-order valence-corrected chi connectivity index (χ4v) is 1.83. The molecule has 1 amide bonds. The van der Waals surface area contributed by atoms with Gasteiger partial charge in [0.05, 0.1) is 0 Å². The van der Waals surface area contributed by atoms with Gasteiger partial charge in [-0.1, -0.05) is 6.07 Å². The topological polar surface area (TPSA) is 72.9 Å². The van der Waals surface area contributed by atoms with Gasteiger partial charge in [0.2, 0.25) is 0 Å². The summed E-state index contributed by atoms with van der Waals surface area (Å²) >= 11 is 0. The number of carbonyl (C=O) groups excluding carboxylic acids is 1. The van der Waals surface area contributed by atoms with Crippen LogP contribution in [0.5, 0.6) is 0 Å². The van der Waals surface area contributed by atoms with Gasteiger partial charge in [-0.25, -0.2) is 0 Å². The van der Waals surface area contributed by atoms with Crippen LogP contribution in [0.4, 0.5) is 5.69 Å². The van der Waals surface area contributed by atoms with E-state index in [1.165, 1.54) is 0 Å². The monoisotopic (exact) mass is 258 g/mol. The molecule has 0 spiro atoms. The second kappa shape index (κ2) is 5.56. The zero-order valence-electron chi connectivity index (χ0n) is 11.2. The summed E-state index contributed by atoms with van der Waals surface area (Å²) in [7, 11) is 1.89. The minimum Gasteiger partial charge on any atom is -0.398 e. The van der Waals surface area contributed by atoms with Gasteiger partial charge in [0.1, 0.15) is 0 Å². The Hall–Kier alpha value is -2.30. The van der Waals surface area contributed by atoms with Crippen molar-refractivity contribution < 1.29 is 4.79 Å². The summed E-state index contributed by atoms with van der Waals surface area (Å²) < 4.78 is 1.80. The maximum absolute atomic E-state index is 11.9. The van der Waals surface area contributed by atoms with Crippen molar-refractivity contribution >= 4 is 11.6 Å². The van der Waals surface area contributed by atoms with Crippen LogP contribution in [0.3, 0.4) is 0 Å². The van der Waals surface area contributed by atoms with Crippen LogP contribution in [0.1, 0.15) is 21.6 Å². The van der Waals surface area contributed by atoms with Crippen molar-refractivity contribution in [2.45, 2.75) is 13.3 Å². The number of nitrogens with one attached hydrogen (secondary N) is 1. The minimum absolute atomic E-state index is 0.103. The van der Waals surface area contributed by atoms with E-state index in [1.54, 1.807) is 23.0 Å². The van der Waals surface area contributed by atoms with Gasteiger partial charge < -0.3 is 11.1 Å². The number of benzene rings is 1. The zero-order chi connectivity index (χ0) is 13.8. The van der Waals surface area contributed by atoms with Crippen LogP contribution in [0.15, 0.2) is 30.5 Å². The van der Waals surface area contributed by atoms with Gasteiger partial charge >= 0.3 is 0 Å². The van der Waals surface area contributed by atoms with Crippen molar-refractivity contribution in [2.24, 2.45) is 7.05 Å². The Kier molecular flexibility index (Phi) is 3.85. The molecular weight excluding hydrogens is 240 g/mol. The molecule has 0 unspecified atom stereocenters. The fraction of sp³-hybridized carbons (Fsp3) is 0.286. The number of carbonyl (C=O) groups is 1. The molecule has 2 aromatic rings. The molecule has 1 heterocycles. The highest BCUT2D eigenvalue weighted by atomic mass is 16.1. The predicted molar refractivity (Wildman–Crippen MR) is 74.8 cm³/mol. The maximum Gasteiger partial charge on any atom is 0.251 e. The van der Waals surface area contributed by atoms with Crippen LogP contribution in [-0.4, -0.2) is 22.2 Å². The average molecular weight is 258 g/mol. The van der Waals surface area contributed by atoms with E-state index in [9.17, 15) is 4.79 Å². The Bertz CT molecular complexity index is 589. The van der Waals surface area contributed by atoms with Crippen molar-refractivity contribution in [1.29, 1.82) is 0 Å². The molecule has 0 atom stereocenters. The summed E-state index contributed by atoms with van der Waals surface area (Å²) in [5.74, 6) is -0.103. The number of rotatable bonds is 4. The highest BCUT2D eigenvalue weighted by Gasteiger charge is 2.07. The number of anilines is 1. The van der Waals surface area contributed by atoms with Gasteiger partial charge in [-0.05, 0) is 30.7 Å². The second-order valence-electron chi connectivity index (χ2n) is 4.52. The Morgan fingerprint density at radius 2 is 2.21 bits per heavy atom. The summed E-state index contributed by atoms with van der Waals surface area (Å²) in [5.41, 5.74) is 9.09. The lowest BCUT2D eigenvalue weighted by molar-refractivity contribution is 0.0954. The van der Waals surface area contributed by atoms with Crippen molar-refractivity contribution in [3.8, 4) is 0 Å². The molecule has 0 fully saturated rings. The van der Waals surface area contributed by atoms with E-state index in [0.29, 0.717) is 17.8 Å². The third-order valence-electron chi connectivity index (χ3n) is 3.13. The van der Waals surface area contributed by atoms with E-state index >= 15 is 0 Å². The maximum atomic E-state index is 11.9. The highest BCUT2D eigenvalue weighted by Crippen LogP contribution is 2.12.